The molecule has 1 aromatic rings. The standard InChI is InChI=1S/C15H20N2O2S/c1-10(2)12-5-6-20-15(17-12)16-8-11-3-4-13-14(7-11)19-9-18-13/h3-4,7,10,12H,5-6,8-9H2,1-2H3,(H,16,17). The van der Waals surface area contributed by atoms with Gasteiger partial charge in [-0.25, -0.2) is 0 Å². The zero-order valence-corrected chi connectivity index (χ0v) is 12.7. The predicted molar refractivity (Wildman–Crippen MR) is 82.5 cm³/mol. The van der Waals surface area contributed by atoms with Crippen LogP contribution in [-0.2, 0) is 6.54 Å². The summed E-state index contributed by atoms with van der Waals surface area (Å²) in [5.74, 6) is 3.45. The van der Waals surface area contributed by atoms with Crippen LogP contribution < -0.4 is 14.8 Å². The van der Waals surface area contributed by atoms with Gasteiger partial charge >= 0.3 is 0 Å². The monoisotopic (exact) mass is 292 g/mol. The lowest BCUT2D eigenvalue weighted by atomic mass is 10.0. The van der Waals surface area contributed by atoms with E-state index in [0.29, 0.717) is 25.3 Å². The molecule has 1 unspecified atom stereocenters. The number of fused-ring (bicyclic) bond motifs is 1. The Labute approximate surface area is 123 Å². The van der Waals surface area contributed by atoms with Gasteiger partial charge in [-0.1, -0.05) is 31.7 Å². The van der Waals surface area contributed by atoms with Crippen LogP contribution in [0.4, 0.5) is 0 Å². The summed E-state index contributed by atoms with van der Waals surface area (Å²) in [6.45, 7) is 5.50. The minimum absolute atomic E-state index is 0.320. The van der Waals surface area contributed by atoms with Gasteiger partial charge in [0, 0.05) is 11.8 Å². The Morgan fingerprint density at radius 3 is 3.05 bits per heavy atom. The molecule has 1 fully saturated rings. The molecule has 108 valence electrons. The molecule has 0 aromatic heterocycles. The smallest absolute Gasteiger partial charge is 0.231 e. The van der Waals surface area contributed by atoms with Gasteiger partial charge in [0.25, 0.3) is 0 Å². The molecule has 0 amide bonds. The van der Waals surface area contributed by atoms with Crippen LogP contribution in [0, 0.1) is 5.92 Å². The topological polar surface area (TPSA) is 42.9 Å². The van der Waals surface area contributed by atoms with E-state index < -0.39 is 0 Å². The first kappa shape index (κ1) is 13.6. The zero-order chi connectivity index (χ0) is 13.9. The Bertz CT molecular complexity index is 517. The molecule has 2 heterocycles. The largest absolute Gasteiger partial charge is 0.454 e. The van der Waals surface area contributed by atoms with Gasteiger partial charge in [-0.15, -0.1) is 0 Å². The SMILES string of the molecule is CC(C)C1CCSC(=NCc2ccc3c(c2)OCO3)N1. The van der Waals surface area contributed by atoms with Crippen molar-refractivity contribution in [2.24, 2.45) is 10.9 Å². The van der Waals surface area contributed by atoms with Gasteiger partial charge in [0.15, 0.2) is 16.7 Å². The molecule has 0 aliphatic carbocycles. The number of nitrogens with one attached hydrogen (secondary N) is 1. The summed E-state index contributed by atoms with van der Waals surface area (Å²) in [4.78, 5) is 4.68. The van der Waals surface area contributed by atoms with E-state index in [1.807, 2.05) is 30.0 Å². The second kappa shape index (κ2) is 5.95. The first-order chi connectivity index (χ1) is 9.72. The minimum Gasteiger partial charge on any atom is -0.454 e. The molecule has 2 aliphatic rings. The van der Waals surface area contributed by atoms with Crippen LogP contribution in [0.1, 0.15) is 25.8 Å². The summed E-state index contributed by atoms with van der Waals surface area (Å²) < 4.78 is 10.7. The van der Waals surface area contributed by atoms with Crippen molar-refractivity contribution in [1.29, 1.82) is 0 Å². The number of aliphatic imine (C=N–C) groups is 1. The number of rotatable bonds is 3. The fraction of sp³-hybridized carbons (Fsp3) is 0.533. The van der Waals surface area contributed by atoms with Crippen molar-refractivity contribution in [3.8, 4) is 11.5 Å². The molecule has 1 saturated heterocycles. The third-order valence-electron chi connectivity index (χ3n) is 3.62. The number of nitrogens with zero attached hydrogens (tertiary/aromatic N) is 1. The third kappa shape index (κ3) is 3.03. The Hall–Kier alpha value is -1.36. The van der Waals surface area contributed by atoms with Gasteiger partial charge in [-0.2, -0.15) is 0 Å². The maximum Gasteiger partial charge on any atom is 0.231 e. The van der Waals surface area contributed by atoms with E-state index in [1.165, 1.54) is 6.42 Å². The maximum atomic E-state index is 5.39. The van der Waals surface area contributed by atoms with Crippen LogP contribution in [0.5, 0.6) is 11.5 Å². The minimum atomic E-state index is 0.320. The summed E-state index contributed by atoms with van der Waals surface area (Å²) in [5, 5.41) is 4.60. The van der Waals surface area contributed by atoms with Crippen LogP contribution in [-0.4, -0.2) is 23.8 Å². The molecule has 0 spiro atoms. The van der Waals surface area contributed by atoms with Gasteiger partial charge < -0.3 is 14.8 Å². The summed E-state index contributed by atoms with van der Waals surface area (Å²) in [6, 6.07) is 6.56. The van der Waals surface area contributed by atoms with Crippen molar-refractivity contribution >= 4 is 16.9 Å². The molecular weight excluding hydrogens is 272 g/mol. The lowest BCUT2D eigenvalue weighted by molar-refractivity contribution is 0.174. The summed E-state index contributed by atoms with van der Waals surface area (Å²) in [5.41, 5.74) is 1.15. The third-order valence-corrected chi connectivity index (χ3v) is 4.58. The fourth-order valence-corrected chi connectivity index (χ4v) is 3.30. The van der Waals surface area contributed by atoms with Gasteiger partial charge in [0.1, 0.15) is 0 Å². The van der Waals surface area contributed by atoms with Crippen molar-refractivity contribution in [3.63, 3.8) is 0 Å². The van der Waals surface area contributed by atoms with Crippen molar-refractivity contribution in [2.45, 2.75) is 32.9 Å². The number of hydrogen-bond donors (Lipinski definition) is 1. The molecule has 20 heavy (non-hydrogen) atoms. The van der Waals surface area contributed by atoms with Crippen molar-refractivity contribution in [2.75, 3.05) is 12.5 Å². The Balaban J connectivity index is 1.64. The molecule has 4 nitrogen and oxygen atoms in total. The van der Waals surface area contributed by atoms with E-state index >= 15 is 0 Å². The van der Waals surface area contributed by atoms with E-state index in [-0.39, 0.29) is 0 Å². The highest BCUT2D eigenvalue weighted by molar-refractivity contribution is 8.13. The van der Waals surface area contributed by atoms with E-state index in [0.717, 1.165) is 28.0 Å². The summed E-state index contributed by atoms with van der Waals surface area (Å²) >= 11 is 1.81. The Morgan fingerprint density at radius 1 is 1.35 bits per heavy atom. The van der Waals surface area contributed by atoms with Gasteiger partial charge in [-0.3, -0.25) is 4.99 Å². The maximum absolute atomic E-state index is 5.39. The van der Waals surface area contributed by atoms with E-state index in [2.05, 4.69) is 24.2 Å². The molecule has 1 atom stereocenters. The fourth-order valence-electron chi connectivity index (χ4n) is 2.35. The molecule has 2 aliphatic heterocycles. The predicted octanol–water partition coefficient (Wildman–Crippen LogP) is 3.02. The number of thioether (sulfide) groups is 1. The molecule has 0 saturated carbocycles. The second-order valence-electron chi connectivity index (χ2n) is 5.44. The van der Waals surface area contributed by atoms with Crippen molar-refractivity contribution < 1.29 is 9.47 Å². The molecule has 5 heteroatoms. The van der Waals surface area contributed by atoms with E-state index in [4.69, 9.17) is 9.47 Å². The molecule has 1 N–H and O–H groups in total. The molecule has 0 radical (unpaired) electrons. The first-order valence-electron chi connectivity index (χ1n) is 7.04. The van der Waals surface area contributed by atoms with Crippen molar-refractivity contribution in [1.82, 2.24) is 5.32 Å². The number of amidine groups is 1. The second-order valence-corrected chi connectivity index (χ2v) is 6.52. The first-order valence-corrected chi connectivity index (χ1v) is 8.03. The highest BCUT2D eigenvalue weighted by Gasteiger charge is 2.20. The Morgan fingerprint density at radius 2 is 2.20 bits per heavy atom. The molecular formula is C15H20N2O2S. The van der Waals surface area contributed by atoms with Crippen LogP contribution in [0.15, 0.2) is 23.2 Å². The highest BCUT2D eigenvalue weighted by atomic mass is 32.2. The van der Waals surface area contributed by atoms with Crippen LogP contribution in [0.3, 0.4) is 0 Å². The molecule has 3 rings (SSSR count). The number of hydrogen-bond acceptors (Lipinski definition) is 4. The lowest BCUT2D eigenvalue weighted by Crippen LogP contribution is -2.41. The van der Waals surface area contributed by atoms with E-state index in [9.17, 15) is 0 Å². The highest BCUT2D eigenvalue weighted by Crippen LogP contribution is 2.32. The number of ether oxygens (including phenoxy) is 2. The molecule has 0 bridgehead atoms. The quantitative estimate of drug-likeness (QED) is 0.930. The van der Waals surface area contributed by atoms with Gasteiger partial charge in [0.2, 0.25) is 6.79 Å². The summed E-state index contributed by atoms with van der Waals surface area (Å²) in [6.07, 6.45) is 1.21. The average molecular weight is 292 g/mol. The van der Waals surface area contributed by atoms with Crippen LogP contribution in [0.25, 0.3) is 0 Å². The van der Waals surface area contributed by atoms with Crippen LogP contribution >= 0.6 is 11.8 Å². The van der Waals surface area contributed by atoms with E-state index in [1.54, 1.807) is 0 Å². The lowest BCUT2D eigenvalue weighted by Gasteiger charge is -2.28. The number of benzene rings is 1. The van der Waals surface area contributed by atoms with Gasteiger partial charge in [-0.05, 0) is 30.0 Å². The molecule has 1 aromatic carbocycles. The summed E-state index contributed by atoms with van der Waals surface area (Å²) in [7, 11) is 0. The van der Waals surface area contributed by atoms with Crippen LogP contribution in [0.2, 0.25) is 0 Å². The normalized spacial score (nSPS) is 23.1. The van der Waals surface area contributed by atoms with Crippen molar-refractivity contribution in [3.05, 3.63) is 23.8 Å². The average Bonchev–Trinajstić information content (AvgIpc) is 2.93. The Kier molecular flexibility index (Phi) is 4.05. The zero-order valence-electron chi connectivity index (χ0n) is 11.9. The van der Waals surface area contributed by atoms with Gasteiger partial charge in [0.05, 0.1) is 6.54 Å².